The van der Waals surface area contributed by atoms with Gasteiger partial charge in [-0.25, -0.2) is 4.98 Å². The van der Waals surface area contributed by atoms with Gasteiger partial charge in [0.05, 0.1) is 10.2 Å². The lowest BCUT2D eigenvalue weighted by Crippen LogP contribution is -2.52. The molecule has 1 N–H and O–H groups in total. The third-order valence-electron chi connectivity index (χ3n) is 4.88. The molecule has 0 saturated heterocycles. The molecule has 3 rings (SSSR count). The summed E-state index contributed by atoms with van der Waals surface area (Å²) in [6.45, 7) is 3.37. The molecule has 0 radical (unpaired) electrons. The predicted octanol–water partition coefficient (Wildman–Crippen LogP) is 4.22. The van der Waals surface area contributed by atoms with Crippen LogP contribution in [0.3, 0.4) is 0 Å². The van der Waals surface area contributed by atoms with Gasteiger partial charge in [0, 0.05) is 12.1 Å². The van der Waals surface area contributed by atoms with Gasteiger partial charge < -0.3 is 10.2 Å². The molecule has 1 aromatic heterocycles. The molecule has 0 bridgehead atoms. The Morgan fingerprint density at radius 1 is 1.38 bits per heavy atom. The quantitative estimate of drug-likeness (QED) is 0.916. The Hall–Kier alpha value is -1.13. The van der Waals surface area contributed by atoms with Gasteiger partial charge in [0.15, 0.2) is 5.13 Å². The molecule has 1 aromatic carbocycles. The number of aromatic nitrogens is 1. The Morgan fingerprint density at radius 3 is 2.90 bits per heavy atom. The summed E-state index contributed by atoms with van der Waals surface area (Å²) in [4.78, 5) is 7.12. The maximum absolute atomic E-state index is 4.70. The highest BCUT2D eigenvalue weighted by Crippen LogP contribution is 2.36. The number of hydrogen-bond acceptors (Lipinski definition) is 4. The second kappa shape index (κ2) is 5.93. The summed E-state index contributed by atoms with van der Waals surface area (Å²) < 4.78 is 1.26. The van der Waals surface area contributed by atoms with Crippen molar-refractivity contribution in [1.82, 2.24) is 9.88 Å². The molecule has 0 amide bonds. The van der Waals surface area contributed by atoms with Crippen LogP contribution in [-0.2, 0) is 0 Å². The SMILES string of the molecule is CC1CCCC(CNc2nc3ccccc3s2)(N(C)C)C1. The van der Waals surface area contributed by atoms with Gasteiger partial charge in [-0.2, -0.15) is 0 Å². The number of benzene rings is 1. The molecule has 1 fully saturated rings. The number of hydrogen-bond donors (Lipinski definition) is 1. The van der Waals surface area contributed by atoms with E-state index in [-0.39, 0.29) is 5.54 Å². The van der Waals surface area contributed by atoms with E-state index in [1.807, 2.05) is 0 Å². The number of likely N-dealkylation sites (N-methyl/N-ethyl adjacent to an activating group) is 1. The number of fused-ring (bicyclic) bond motifs is 1. The summed E-state index contributed by atoms with van der Waals surface area (Å²) in [5, 5.41) is 4.66. The van der Waals surface area contributed by atoms with E-state index in [1.165, 1.54) is 30.4 Å². The average Bonchev–Trinajstić information content (AvgIpc) is 2.88. The Balaban J connectivity index is 1.74. The van der Waals surface area contributed by atoms with E-state index in [4.69, 9.17) is 4.98 Å². The van der Waals surface area contributed by atoms with Gasteiger partial charge in [-0.3, -0.25) is 0 Å². The summed E-state index contributed by atoms with van der Waals surface area (Å²) >= 11 is 1.76. The van der Waals surface area contributed by atoms with Crippen LogP contribution < -0.4 is 5.32 Å². The van der Waals surface area contributed by atoms with Crippen LogP contribution in [0, 0.1) is 5.92 Å². The zero-order chi connectivity index (χ0) is 14.9. The molecule has 0 spiro atoms. The molecule has 4 heteroatoms. The van der Waals surface area contributed by atoms with E-state index < -0.39 is 0 Å². The number of rotatable bonds is 4. The van der Waals surface area contributed by atoms with Crippen molar-refractivity contribution in [3.8, 4) is 0 Å². The van der Waals surface area contributed by atoms with E-state index in [0.29, 0.717) is 0 Å². The monoisotopic (exact) mass is 303 g/mol. The molecule has 1 aliphatic carbocycles. The molecule has 2 unspecified atom stereocenters. The van der Waals surface area contributed by atoms with Crippen LogP contribution in [0.25, 0.3) is 10.2 Å². The lowest BCUT2D eigenvalue weighted by molar-refractivity contribution is 0.0882. The van der Waals surface area contributed by atoms with E-state index in [1.54, 1.807) is 11.3 Å². The van der Waals surface area contributed by atoms with Crippen molar-refractivity contribution in [2.75, 3.05) is 26.0 Å². The smallest absolute Gasteiger partial charge is 0.183 e. The van der Waals surface area contributed by atoms with Crippen molar-refractivity contribution in [2.45, 2.75) is 38.1 Å². The largest absolute Gasteiger partial charge is 0.360 e. The highest BCUT2D eigenvalue weighted by molar-refractivity contribution is 7.22. The van der Waals surface area contributed by atoms with Crippen molar-refractivity contribution in [1.29, 1.82) is 0 Å². The minimum absolute atomic E-state index is 0.273. The Labute approximate surface area is 131 Å². The fourth-order valence-electron chi connectivity index (χ4n) is 3.55. The van der Waals surface area contributed by atoms with E-state index in [9.17, 15) is 0 Å². The first-order valence-electron chi connectivity index (χ1n) is 7.86. The summed E-state index contributed by atoms with van der Waals surface area (Å²) in [5.74, 6) is 0.818. The topological polar surface area (TPSA) is 28.2 Å². The predicted molar refractivity (Wildman–Crippen MR) is 92.2 cm³/mol. The van der Waals surface area contributed by atoms with Gasteiger partial charge in [0.2, 0.25) is 0 Å². The van der Waals surface area contributed by atoms with Crippen LogP contribution >= 0.6 is 11.3 Å². The molecule has 3 nitrogen and oxygen atoms in total. The zero-order valence-electron chi connectivity index (χ0n) is 13.2. The normalized spacial score (nSPS) is 26.4. The van der Waals surface area contributed by atoms with Gasteiger partial charge in [-0.15, -0.1) is 0 Å². The first-order chi connectivity index (χ1) is 10.1. The average molecular weight is 303 g/mol. The first kappa shape index (κ1) is 14.8. The second-order valence-corrected chi connectivity index (χ2v) is 7.69. The Bertz CT molecular complexity index is 574. The molecule has 114 valence electrons. The van der Waals surface area contributed by atoms with E-state index >= 15 is 0 Å². The third kappa shape index (κ3) is 3.06. The summed E-state index contributed by atoms with van der Waals surface area (Å²) in [6, 6.07) is 8.36. The van der Waals surface area contributed by atoms with Crippen LogP contribution in [0.1, 0.15) is 32.6 Å². The van der Waals surface area contributed by atoms with Crippen molar-refractivity contribution in [2.24, 2.45) is 5.92 Å². The van der Waals surface area contributed by atoms with Gasteiger partial charge in [0.25, 0.3) is 0 Å². The zero-order valence-corrected chi connectivity index (χ0v) is 14.0. The number of nitrogens with one attached hydrogen (secondary N) is 1. The number of thiazole rings is 1. The van der Waals surface area contributed by atoms with Gasteiger partial charge in [0.1, 0.15) is 0 Å². The minimum atomic E-state index is 0.273. The number of para-hydroxylation sites is 1. The van der Waals surface area contributed by atoms with Crippen LogP contribution in [0.15, 0.2) is 24.3 Å². The lowest BCUT2D eigenvalue weighted by atomic mass is 9.75. The van der Waals surface area contributed by atoms with Gasteiger partial charge in [-0.05, 0) is 45.0 Å². The summed E-state index contributed by atoms with van der Waals surface area (Å²) in [5.41, 5.74) is 1.37. The fourth-order valence-corrected chi connectivity index (χ4v) is 4.41. The second-order valence-electron chi connectivity index (χ2n) is 6.66. The summed E-state index contributed by atoms with van der Waals surface area (Å²) in [6.07, 6.45) is 5.26. The Morgan fingerprint density at radius 2 is 2.19 bits per heavy atom. The van der Waals surface area contributed by atoms with Crippen molar-refractivity contribution < 1.29 is 0 Å². The molecule has 2 atom stereocenters. The fraction of sp³-hybridized carbons (Fsp3) is 0.588. The van der Waals surface area contributed by atoms with Crippen LogP contribution in [0.5, 0.6) is 0 Å². The molecule has 0 aliphatic heterocycles. The molecule has 21 heavy (non-hydrogen) atoms. The van der Waals surface area contributed by atoms with E-state index in [0.717, 1.165) is 23.1 Å². The van der Waals surface area contributed by atoms with Crippen LogP contribution in [0.4, 0.5) is 5.13 Å². The molecular weight excluding hydrogens is 278 g/mol. The molecular formula is C17H25N3S. The van der Waals surface area contributed by atoms with Crippen LogP contribution in [0.2, 0.25) is 0 Å². The maximum atomic E-state index is 4.70. The number of nitrogens with zero attached hydrogens (tertiary/aromatic N) is 2. The molecule has 2 aromatic rings. The molecule has 1 saturated carbocycles. The minimum Gasteiger partial charge on any atom is -0.360 e. The Kier molecular flexibility index (Phi) is 4.18. The highest BCUT2D eigenvalue weighted by atomic mass is 32.1. The standard InChI is InChI=1S/C17H25N3S/c1-13-7-6-10-17(11-13,20(2)3)12-18-16-19-14-8-4-5-9-15(14)21-16/h4-5,8-9,13H,6-7,10-12H2,1-3H3,(H,18,19). The van der Waals surface area contributed by atoms with E-state index in [2.05, 4.69) is 55.5 Å². The van der Waals surface area contributed by atoms with Crippen molar-refractivity contribution in [3.63, 3.8) is 0 Å². The molecule has 1 heterocycles. The highest BCUT2D eigenvalue weighted by Gasteiger charge is 2.36. The lowest BCUT2D eigenvalue weighted by Gasteiger charge is -2.45. The first-order valence-corrected chi connectivity index (χ1v) is 8.68. The molecule has 1 aliphatic rings. The van der Waals surface area contributed by atoms with Crippen molar-refractivity contribution in [3.05, 3.63) is 24.3 Å². The summed E-state index contributed by atoms with van der Waals surface area (Å²) in [7, 11) is 4.44. The third-order valence-corrected chi connectivity index (χ3v) is 5.87. The van der Waals surface area contributed by atoms with Crippen molar-refractivity contribution >= 4 is 26.7 Å². The van der Waals surface area contributed by atoms with Crippen LogP contribution in [-0.4, -0.2) is 36.1 Å². The van der Waals surface area contributed by atoms with Gasteiger partial charge in [-0.1, -0.05) is 43.2 Å². The maximum Gasteiger partial charge on any atom is 0.183 e. The van der Waals surface area contributed by atoms with Gasteiger partial charge >= 0.3 is 0 Å². The number of anilines is 1.